The third kappa shape index (κ3) is 5.34. The van der Waals surface area contributed by atoms with Crippen LogP contribution in [0.5, 0.6) is 0 Å². The lowest BCUT2D eigenvalue weighted by Gasteiger charge is -2.09. The summed E-state index contributed by atoms with van der Waals surface area (Å²) >= 11 is 0. The molecule has 0 saturated carbocycles. The van der Waals surface area contributed by atoms with Gasteiger partial charge in [-0.3, -0.25) is 0 Å². The monoisotopic (exact) mass is 236 g/mol. The average molecular weight is 236 g/mol. The molecule has 0 amide bonds. The molecule has 0 spiro atoms. The van der Waals surface area contributed by atoms with Crippen molar-refractivity contribution in [2.45, 2.75) is 59.3 Å². The quantitative estimate of drug-likeness (QED) is 0.586. The van der Waals surface area contributed by atoms with E-state index in [-0.39, 0.29) is 5.82 Å². The summed E-state index contributed by atoms with van der Waals surface area (Å²) in [4.78, 5) is 0. The van der Waals surface area contributed by atoms with Crippen LogP contribution in [0.15, 0.2) is 18.2 Å². The third-order valence-corrected chi connectivity index (χ3v) is 3.14. The summed E-state index contributed by atoms with van der Waals surface area (Å²) in [5.41, 5.74) is 2.27. The first-order valence-electron chi connectivity index (χ1n) is 6.78. The topological polar surface area (TPSA) is 0 Å². The van der Waals surface area contributed by atoms with Crippen molar-refractivity contribution in [1.29, 1.82) is 0 Å². The molecule has 0 heterocycles. The van der Waals surface area contributed by atoms with Crippen LogP contribution in [-0.4, -0.2) is 0 Å². The Hall–Kier alpha value is -0.850. The number of unbranched alkanes of at least 4 members (excludes halogenated alkanes) is 1. The molecule has 0 fully saturated rings. The molecule has 0 aromatic heterocycles. The molecule has 0 aliphatic carbocycles. The SMILES string of the molecule is CC(C)CCCCc1cc(F)cc(C(C)C)c1. The van der Waals surface area contributed by atoms with Gasteiger partial charge in [0.1, 0.15) is 5.82 Å². The number of hydrogen-bond acceptors (Lipinski definition) is 0. The summed E-state index contributed by atoms with van der Waals surface area (Å²) < 4.78 is 13.4. The summed E-state index contributed by atoms with van der Waals surface area (Å²) in [5, 5.41) is 0. The van der Waals surface area contributed by atoms with Gasteiger partial charge in [-0.1, -0.05) is 46.6 Å². The van der Waals surface area contributed by atoms with Crippen molar-refractivity contribution >= 4 is 0 Å². The maximum Gasteiger partial charge on any atom is 0.123 e. The molecule has 1 aromatic carbocycles. The van der Waals surface area contributed by atoms with Crippen LogP contribution >= 0.6 is 0 Å². The van der Waals surface area contributed by atoms with Gasteiger partial charge in [-0.05, 0) is 47.9 Å². The Labute approximate surface area is 105 Å². The van der Waals surface area contributed by atoms with E-state index in [9.17, 15) is 4.39 Å². The van der Waals surface area contributed by atoms with E-state index in [1.165, 1.54) is 19.3 Å². The number of rotatable bonds is 6. The van der Waals surface area contributed by atoms with E-state index in [1.54, 1.807) is 12.1 Å². The fourth-order valence-corrected chi connectivity index (χ4v) is 2.03. The molecule has 0 aliphatic rings. The van der Waals surface area contributed by atoms with Crippen molar-refractivity contribution in [2.24, 2.45) is 5.92 Å². The Kier molecular flexibility index (Phi) is 5.67. The number of halogens is 1. The molecule has 1 aromatic rings. The molecule has 0 unspecified atom stereocenters. The third-order valence-electron chi connectivity index (χ3n) is 3.14. The summed E-state index contributed by atoms with van der Waals surface area (Å²) in [6.07, 6.45) is 4.68. The molecule has 0 saturated heterocycles. The van der Waals surface area contributed by atoms with Crippen LogP contribution in [0.1, 0.15) is 64.0 Å². The number of aryl methyl sites for hydroxylation is 1. The Morgan fingerprint density at radius 3 is 2.29 bits per heavy atom. The van der Waals surface area contributed by atoms with Gasteiger partial charge in [0.25, 0.3) is 0 Å². The highest BCUT2D eigenvalue weighted by Gasteiger charge is 2.04. The van der Waals surface area contributed by atoms with Crippen molar-refractivity contribution in [1.82, 2.24) is 0 Å². The minimum absolute atomic E-state index is 0.0879. The highest BCUT2D eigenvalue weighted by Crippen LogP contribution is 2.19. The molecular weight excluding hydrogens is 211 g/mol. The van der Waals surface area contributed by atoms with Crippen LogP contribution in [0, 0.1) is 11.7 Å². The maximum absolute atomic E-state index is 13.4. The van der Waals surface area contributed by atoms with E-state index in [1.807, 2.05) is 0 Å². The molecule has 0 nitrogen and oxygen atoms in total. The molecular formula is C16H25F. The average Bonchev–Trinajstić information content (AvgIpc) is 2.23. The van der Waals surface area contributed by atoms with Gasteiger partial charge < -0.3 is 0 Å². The van der Waals surface area contributed by atoms with Crippen LogP contribution in [-0.2, 0) is 6.42 Å². The first kappa shape index (κ1) is 14.2. The second-order valence-electron chi connectivity index (χ2n) is 5.69. The molecule has 1 heteroatoms. The van der Waals surface area contributed by atoms with Gasteiger partial charge in [-0.25, -0.2) is 4.39 Å². The predicted molar refractivity (Wildman–Crippen MR) is 72.9 cm³/mol. The van der Waals surface area contributed by atoms with Crippen molar-refractivity contribution in [3.8, 4) is 0 Å². The van der Waals surface area contributed by atoms with Crippen LogP contribution in [0.25, 0.3) is 0 Å². The van der Waals surface area contributed by atoms with E-state index in [0.717, 1.165) is 23.5 Å². The van der Waals surface area contributed by atoms with E-state index in [4.69, 9.17) is 0 Å². The number of hydrogen-bond donors (Lipinski definition) is 0. The summed E-state index contributed by atoms with van der Waals surface area (Å²) in [7, 11) is 0. The molecule has 17 heavy (non-hydrogen) atoms. The smallest absolute Gasteiger partial charge is 0.123 e. The highest BCUT2D eigenvalue weighted by atomic mass is 19.1. The van der Waals surface area contributed by atoms with Crippen LogP contribution < -0.4 is 0 Å². The Balaban J connectivity index is 2.53. The lowest BCUT2D eigenvalue weighted by Crippen LogP contribution is -1.95. The second-order valence-corrected chi connectivity index (χ2v) is 5.69. The first-order chi connectivity index (χ1) is 7.99. The van der Waals surface area contributed by atoms with Gasteiger partial charge in [0.05, 0.1) is 0 Å². The fourth-order valence-electron chi connectivity index (χ4n) is 2.03. The van der Waals surface area contributed by atoms with Crippen molar-refractivity contribution in [3.63, 3.8) is 0 Å². The summed E-state index contributed by atoms with van der Waals surface area (Å²) in [6.45, 7) is 8.72. The van der Waals surface area contributed by atoms with Crippen LogP contribution in [0.2, 0.25) is 0 Å². The summed E-state index contributed by atoms with van der Waals surface area (Å²) in [6, 6.07) is 5.49. The van der Waals surface area contributed by atoms with E-state index >= 15 is 0 Å². The summed E-state index contributed by atoms with van der Waals surface area (Å²) in [5.74, 6) is 1.09. The van der Waals surface area contributed by atoms with Crippen LogP contribution in [0.4, 0.5) is 4.39 Å². The molecule has 0 N–H and O–H groups in total. The minimum Gasteiger partial charge on any atom is -0.207 e. The zero-order valence-electron chi connectivity index (χ0n) is 11.6. The lowest BCUT2D eigenvalue weighted by molar-refractivity contribution is 0.537. The first-order valence-corrected chi connectivity index (χ1v) is 6.78. The Morgan fingerprint density at radius 1 is 1.00 bits per heavy atom. The normalized spacial score (nSPS) is 11.5. The van der Waals surface area contributed by atoms with Crippen molar-refractivity contribution in [3.05, 3.63) is 35.1 Å². The molecule has 0 bridgehead atoms. The molecule has 1 rings (SSSR count). The van der Waals surface area contributed by atoms with Crippen molar-refractivity contribution < 1.29 is 4.39 Å². The zero-order chi connectivity index (χ0) is 12.8. The molecule has 0 radical (unpaired) electrons. The molecule has 0 aliphatic heterocycles. The molecule has 96 valence electrons. The largest absolute Gasteiger partial charge is 0.207 e. The van der Waals surface area contributed by atoms with Gasteiger partial charge >= 0.3 is 0 Å². The number of benzene rings is 1. The van der Waals surface area contributed by atoms with E-state index < -0.39 is 0 Å². The highest BCUT2D eigenvalue weighted by molar-refractivity contribution is 5.26. The minimum atomic E-state index is -0.0879. The van der Waals surface area contributed by atoms with Gasteiger partial charge in [-0.2, -0.15) is 0 Å². The predicted octanol–water partition coefficient (Wildman–Crippen LogP) is 5.32. The lowest BCUT2D eigenvalue weighted by atomic mass is 9.97. The van der Waals surface area contributed by atoms with Crippen LogP contribution in [0.3, 0.4) is 0 Å². The second kappa shape index (κ2) is 6.78. The fraction of sp³-hybridized carbons (Fsp3) is 0.625. The standard InChI is InChI=1S/C16H25F/c1-12(2)7-5-6-8-14-9-15(13(3)4)11-16(17)10-14/h9-13H,5-8H2,1-4H3. The maximum atomic E-state index is 13.4. The van der Waals surface area contributed by atoms with Gasteiger partial charge in [0.15, 0.2) is 0 Å². The van der Waals surface area contributed by atoms with Gasteiger partial charge in [-0.15, -0.1) is 0 Å². The van der Waals surface area contributed by atoms with E-state index in [2.05, 4.69) is 33.8 Å². The Morgan fingerprint density at radius 2 is 1.71 bits per heavy atom. The van der Waals surface area contributed by atoms with Crippen molar-refractivity contribution in [2.75, 3.05) is 0 Å². The molecule has 0 atom stereocenters. The van der Waals surface area contributed by atoms with Gasteiger partial charge in [0, 0.05) is 0 Å². The van der Waals surface area contributed by atoms with E-state index in [0.29, 0.717) is 5.92 Å². The van der Waals surface area contributed by atoms with Gasteiger partial charge in [0.2, 0.25) is 0 Å². The Bertz CT molecular complexity index is 339. The zero-order valence-corrected chi connectivity index (χ0v) is 11.6.